The number of hydrogen-bond donors (Lipinski definition) is 2. The highest BCUT2D eigenvalue weighted by Crippen LogP contribution is 2.33. The van der Waals surface area contributed by atoms with E-state index >= 15 is 0 Å². The molecule has 31 heavy (non-hydrogen) atoms. The van der Waals surface area contributed by atoms with Gasteiger partial charge in [-0.25, -0.2) is 9.97 Å². The molecule has 2 heterocycles. The van der Waals surface area contributed by atoms with E-state index in [4.69, 9.17) is 0 Å². The van der Waals surface area contributed by atoms with Crippen molar-refractivity contribution in [3.63, 3.8) is 0 Å². The summed E-state index contributed by atoms with van der Waals surface area (Å²) >= 11 is 1.70. The Kier molecular flexibility index (Phi) is 6.28. The Balaban J connectivity index is 1.37. The zero-order valence-electron chi connectivity index (χ0n) is 18.0. The number of thiophene rings is 1. The van der Waals surface area contributed by atoms with E-state index in [0.29, 0.717) is 18.7 Å². The van der Waals surface area contributed by atoms with Crippen LogP contribution in [0, 0.1) is 20.8 Å². The molecule has 0 aliphatic heterocycles. The predicted octanol–water partition coefficient (Wildman–Crippen LogP) is 5.20. The zero-order valence-corrected chi connectivity index (χ0v) is 18.8. The summed E-state index contributed by atoms with van der Waals surface area (Å²) in [7, 11) is 0. The Hall–Kier alpha value is -3.25. The van der Waals surface area contributed by atoms with Gasteiger partial charge in [0, 0.05) is 23.5 Å². The van der Waals surface area contributed by atoms with Crippen molar-refractivity contribution in [3.8, 4) is 0 Å². The molecule has 2 N–H and O–H groups in total. The standard InChI is InChI=1S/C25H26N4OS/c1-16-17(2)31-25-22(16)23(28-18(3)29-25)27-15-20-9-11-21(12-10-20)24(30)26-14-13-19-7-5-4-6-8-19/h4-12H,13-15H2,1-3H3,(H,26,30)(H,27,28,29). The molecule has 0 unspecified atom stereocenters. The summed E-state index contributed by atoms with van der Waals surface area (Å²) in [6.07, 6.45) is 0.822. The van der Waals surface area contributed by atoms with Crippen LogP contribution in [0.1, 0.15) is 37.7 Å². The van der Waals surface area contributed by atoms with Gasteiger partial charge in [-0.3, -0.25) is 4.79 Å². The lowest BCUT2D eigenvalue weighted by Gasteiger charge is -2.10. The number of benzene rings is 2. The molecule has 2 aromatic carbocycles. The number of anilines is 1. The normalized spacial score (nSPS) is 10.9. The van der Waals surface area contributed by atoms with Crippen LogP contribution in [0.4, 0.5) is 5.82 Å². The highest BCUT2D eigenvalue weighted by atomic mass is 32.1. The predicted molar refractivity (Wildman–Crippen MR) is 128 cm³/mol. The Morgan fingerprint density at radius 3 is 2.42 bits per heavy atom. The van der Waals surface area contributed by atoms with Crippen LogP contribution in [-0.2, 0) is 13.0 Å². The number of aromatic nitrogens is 2. The Labute approximate surface area is 186 Å². The van der Waals surface area contributed by atoms with E-state index in [0.717, 1.165) is 33.8 Å². The quantitative estimate of drug-likeness (QED) is 0.423. The van der Waals surface area contributed by atoms with Gasteiger partial charge >= 0.3 is 0 Å². The first-order valence-corrected chi connectivity index (χ1v) is 11.2. The van der Waals surface area contributed by atoms with Gasteiger partial charge in [-0.1, -0.05) is 42.5 Å². The third-order valence-electron chi connectivity index (χ3n) is 5.36. The first kappa shape index (κ1) is 21.0. The average Bonchev–Trinajstić information content (AvgIpc) is 3.06. The summed E-state index contributed by atoms with van der Waals surface area (Å²) < 4.78 is 0. The Bertz CT molecular complexity index is 1200. The number of nitrogens with one attached hydrogen (secondary N) is 2. The van der Waals surface area contributed by atoms with Gasteiger partial charge in [-0.05, 0) is 56.0 Å². The van der Waals surface area contributed by atoms with Gasteiger partial charge < -0.3 is 10.6 Å². The molecule has 2 aromatic heterocycles. The lowest BCUT2D eigenvalue weighted by atomic mass is 10.1. The maximum absolute atomic E-state index is 12.4. The number of aryl methyl sites for hydroxylation is 3. The van der Waals surface area contributed by atoms with Crippen molar-refractivity contribution in [1.82, 2.24) is 15.3 Å². The van der Waals surface area contributed by atoms with E-state index in [1.165, 1.54) is 16.0 Å². The van der Waals surface area contributed by atoms with Crippen LogP contribution in [0.3, 0.4) is 0 Å². The first-order valence-electron chi connectivity index (χ1n) is 10.4. The summed E-state index contributed by atoms with van der Waals surface area (Å²) in [6.45, 7) is 7.40. The molecule has 4 aromatic rings. The molecular formula is C25H26N4OS. The lowest BCUT2D eigenvalue weighted by Crippen LogP contribution is -2.25. The minimum absolute atomic E-state index is 0.0482. The van der Waals surface area contributed by atoms with Crippen LogP contribution < -0.4 is 10.6 Å². The van der Waals surface area contributed by atoms with E-state index in [1.807, 2.05) is 49.4 Å². The molecule has 1 amide bonds. The highest BCUT2D eigenvalue weighted by Gasteiger charge is 2.13. The van der Waals surface area contributed by atoms with Crippen molar-refractivity contribution < 1.29 is 4.79 Å². The first-order chi connectivity index (χ1) is 15.0. The van der Waals surface area contributed by atoms with Gasteiger partial charge in [0.2, 0.25) is 0 Å². The van der Waals surface area contributed by atoms with E-state index in [1.54, 1.807) is 11.3 Å². The van der Waals surface area contributed by atoms with Crippen LogP contribution in [0.15, 0.2) is 54.6 Å². The van der Waals surface area contributed by atoms with E-state index in [-0.39, 0.29) is 5.91 Å². The molecule has 0 aliphatic rings. The molecule has 0 atom stereocenters. The van der Waals surface area contributed by atoms with Gasteiger partial charge in [0.15, 0.2) is 0 Å². The second-order valence-corrected chi connectivity index (χ2v) is 8.83. The summed E-state index contributed by atoms with van der Waals surface area (Å²) in [5.74, 6) is 1.58. The van der Waals surface area contributed by atoms with Crippen molar-refractivity contribution in [3.05, 3.63) is 87.6 Å². The molecule has 4 rings (SSSR count). The fourth-order valence-electron chi connectivity index (χ4n) is 3.51. The van der Waals surface area contributed by atoms with E-state index in [9.17, 15) is 4.79 Å². The van der Waals surface area contributed by atoms with Gasteiger partial charge in [0.1, 0.15) is 16.5 Å². The maximum atomic E-state index is 12.4. The number of carbonyl (C=O) groups excluding carboxylic acids is 1. The molecule has 0 aliphatic carbocycles. The fraction of sp³-hybridized carbons (Fsp3) is 0.240. The molecule has 0 saturated heterocycles. The number of fused-ring (bicyclic) bond motifs is 1. The molecule has 5 nitrogen and oxygen atoms in total. The third kappa shape index (κ3) is 4.91. The molecule has 6 heteroatoms. The zero-order chi connectivity index (χ0) is 21.8. The van der Waals surface area contributed by atoms with E-state index < -0.39 is 0 Å². The second-order valence-electron chi connectivity index (χ2n) is 7.62. The van der Waals surface area contributed by atoms with Crippen molar-refractivity contribution in [2.45, 2.75) is 33.7 Å². The summed E-state index contributed by atoms with van der Waals surface area (Å²) in [5, 5.41) is 7.54. The molecule has 0 spiro atoms. The van der Waals surface area contributed by atoms with Gasteiger partial charge in [0.05, 0.1) is 5.39 Å². The molecule has 0 radical (unpaired) electrons. The largest absolute Gasteiger partial charge is 0.365 e. The smallest absolute Gasteiger partial charge is 0.251 e. The van der Waals surface area contributed by atoms with Crippen LogP contribution >= 0.6 is 11.3 Å². The topological polar surface area (TPSA) is 66.9 Å². The highest BCUT2D eigenvalue weighted by molar-refractivity contribution is 7.18. The van der Waals surface area contributed by atoms with Crippen LogP contribution in [-0.4, -0.2) is 22.4 Å². The van der Waals surface area contributed by atoms with Crippen molar-refractivity contribution >= 4 is 33.3 Å². The Morgan fingerprint density at radius 2 is 1.68 bits per heavy atom. The van der Waals surface area contributed by atoms with Crippen molar-refractivity contribution in [2.75, 3.05) is 11.9 Å². The van der Waals surface area contributed by atoms with Crippen molar-refractivity contribution in [1.29, 1.82) is 0 Å². The minimum atomic E-state index is -0.0482. The second kappa shape index (κ2) is 9.27. The molecule has 158 valence electrons. The summed E-state index contributed by atoms with van der Waals surface area (Å²) in [4.78, 5) is 23.9. The number of hydrogen-bond acceptors (Lipinski definition) is 5. The molecule has 0 bridgehead atoms. The summed E-state index contributed by atoms with van der Waals surface area (Å²) in [5.41, 5.74) is 4.20. The lowest BCUT2D eigenvalue weighted by molar-refractivity contribution is 0.0954. The van der Waals surface area contributed by atoms with Gasteiger partial charge in [-0.15, -0.1) is 11.3 Å². The van der Waals surface area contributed by atoms with Crippen LogP contribution in [0.2, 0.25) is 0 Å². The average molecular weight is 431 g/mol. The number of nitrogens with zero attached hydrogens (tertiary/aromatic N) is 2. The number of rotatable bonds is 7. The van der Waals surface area contributed by atoms with Crippen LogP contribution in [0.5, 0.6) is 0 Å². The van der Waals surface area contributed by atoms with Crippen molar-refractivity contribution in [2.24, 2.45) is 0 Å². The molecule has 0 fully saturated rings. The van der Waals surface area contributed by atoms with E-state index in [2.05, 4.69) is 46.6 Å². The van der Waals surface area contributed by atoms with Gasteiger partial charge in [0.25, 0.3) is 5.91 Å². The molecular weight excluding hydrogens is 404 g/mol. The minimum Gasteiger partial charge on any atom is -0.365 e. The fourth-order valence-corrected chi connectivity index (χ4v) is 4.59. The third-order valence-corrected chi connectivity index (χ3v) is 6.46. The molecule has 0 saturated carbocycles. The number of carbonyl (C=O) groups is 1. The summed E-state index contributed by atoms with van der Waals surface area (Å²) in [6, 6.07) is 17.9. The number of amides is 1. The van der Waals surface area contributed by atoms with Crippen LogP contribution in [0.25, 0.3) is 10.2 Å². The Morgan fingerprint density at radius 1 is 0.935 bits per heavy atom. The van der Waals surface area contributed by atoms with Gasteiger partial charge in [-0.2, -0.15) is 0 Å². The monoisotopic (exact) mass is 430 g/mol. The maximum Gasteiger partial charge on any atom is 0.251 e. The SMILES string of the molecule is Cc1nc(NCc2ccc(C(=O)NCCc3ccccc3)cc2)c2c(C)c(C)sc2n1.